The highest BCUT2D eigenvalue weighted by Crippen LogP contribution is 2.27. The van der Waals surface area contributed by atoms with Gasteiger partial charge in [-0.05, 0) is 41.4 Å². The number of aromatic nitrogens is 3. The molecule has 4 nitrogen and oxygen atoms in total. The van der Waals surface area contributed by atoms with Crippen LogP contribution in [0.25, 0.3) is 11.3 Å². The lowest BCUT2D eigenvalue weighted by atomic mass is 10.1. The second-order valence-electron chi connectivity index (χ2n) is 4.39. The fourth-order valence-corrected chi connectivity index (χ4v) is 2.86. The molecule has 5 heteroatoms. The number of hydrogen-bond donors (Lipinski definition) is 1. The van der Waals surface area contributed by atoms with Crippen LogP contribution in [0.5, 0.6) is 0 Å². The van der Waals surface area contributed by atoms with Gasteiger partial charge in [-0.3, -0.25) is 0 Å². The van der Waals surface area contributed by atoms with Gasteiger partial charge in [0.05, 0.1) is 24.3 Å². The minimum atomic E-state index is 0.248. The molecule has 0 radical (unpaired) electrons. The summed E-state index contributed by atoms with van der Waals surface area (Å²) in [6, 6.07) is 6.20. The summed E-state index contributed by atoms with van der Waals surface area (Å²) in [7, 11) is 0. The molecule has 3 heterocycles. The maximum absolute atomic E-state index is 5.75. The van der Waals surface area contributed by atoms with Crippen LogP contribution in [0, 0.1) is 0 Å². The van der Waals surface area contributed by atoms with Gasteiger partial charge >= 0.3 is 0 Å². The summed E-state index contributed by atoms with van der Waals surface area (Å²) in [5, 5.41) is 4.25. The van der Waals surface area contributed by atoms with Crippen molar-refractivity contribution in [3.8, 4) is 11.3 Å². The van der Waals surface area contributed by atoms with Gasteiger partial charge in [0.15, 0.2) is 0 Å². The van der Waals surface area contributed by atoms with E-state index in [0.29, 0.717) is 5.82 Å². The van der Waals surface area contributed by atoms with Crippen molar-refractivity contribution in [3.63, 3.8) is 0 Å². The van der Waals surface area contributed by atoms with Crippen LogP contribution in [0.1, 0.15) is 18.5 Å². The molecule has 0 aliphatic carbocycles. The average Bonchev–Trinajstić information content (AvgIpc) is 3.09. The fraction of sp³-hybridized carbons (Fsp3) is 0.143. The zero-order valence-electron chi connectivity index (χ0n) is 10.5. The van der Waals surface area contributed by atoms with E-state index in [0.717, 1.165) is 11.3 Å². The molecule has 0 amide bonds. The first-order valence-electron chi connectivity index (χ1n) is 6.01. The summed E-state index contributed by atoms with van der Waals surface area (Å²) >= 11 is 1.71. The van der Waals surface area contributed by atoms with Crippen molar-refractivity contribution in [2.45, 2.75) is 13.0 Å². The number of rotatable bonds is 3. The minimum absolute atomic E-state index is 0.248. The first-order valence-corrected chi connectivity index (χ1v) is 6.96. The van der Waals surface area contributed by atoms with Crippen LogP contribution in [0.2, 0.25) is 0 Å². The van der Waals surface area contributed by atoms with E-state index in [-0.39, 0.29) is 6.04 Å². The molecule has 0 aliphatic rings. The Morgan fingerprint density at radius 1 is 1.37 bits per heavy atom. The number of nitrogens with zero attached hydrogens (tertiary/aromatic N) is 3. The Hall–Kier alpha value is -2.14. The van der Waals surface area contributed by atoms with E-state index in [9.17, 15) is 0 Å². The number of thiophene rings is 1. The van der Waals surface area contributed by atoms with Crippen LogP contribution < -0.4 is 5.73 Å². The Bertz CT molecular complexity index is 672. The smallest absolute Gasteiger partial charge is 0.123 e. The van der Waals surface area contributed by atoms with Gasteiger partial charge in [0.25, 0.3) is 0 Å². The molecule has 3 aromatic rings. The zero-order valence-corrected chi connectivity index (χ0v) is 11.3. The maximum Gasteiger partial charge on any atom is 0.123 e. The maximum atomic E-state index is 5.75. The third-order valence-electron chi connectivity index (χ3n) is 3.19. The number of pyridine rings is 1. The largest absolute Gasteiger partial charge is 0.384 e. The second kappa shape index (κ2) is 4.85. The molecular weight excluding hydrogens is 256 g/mol. The van der Waals surface area contributed by atoms with Crippen LogP contribution in [-0.4, -0.2) is 14.5 Å². The third-order valence-corrected chi connectivity index (χ3v) is 3.89. The molecule has 96 valence electrons. The number of nitrogens with two attached hydrogens (primary N) is 1. The van der Waals surface area contributed by atoms with Crippen LogP contribution in [-0.2, 0) is 0 Å². The quantitative estimate of drug-likeness (QED) is 0.795. The lowest BCUT2D eigenvalue weighted by molar-refractivity contribution is 0.647. The lowest BCUT2D eigenvalue weighted by Gasteiger charge is -2.15. The molecule has 19 heavy (non-hydrogen) atoms. The molecule has 0 aliphatic heterocycles. The molecule has 1 atom stereocenters. The number of hydrogen-bond acceptors (Lipinski definition) is 4. The zero-order chi connectivity index (χ0) is 13.2. The summed E-state index contributed by atoms with van der Waals surface area (Å²) in [5.74, 6) is 0.522. The van der Waals surface area contributed by atoms with E-state index < -0.39 is 0 Å². The normalized spacial score (nSPS) is 12.5. The Kier molecular flexibility index (Phi) is 3.05. The highest BCUT2D eigenvalue weighted by molar-refractivity contribution is 7.07. The highest BCUT2D eigenvalue weighted by Gasteiger charge is 2.13. The van der Waals surface area contributed by atoms with Crippen LogP contribution in [0.3, 0.4) is 0 Å². The van der Waals surface area contributed by atoms with Crippen molar-refractivity contribution in [2.24, 2.45) is 0 Å². The van der Waals surface area contributed by atoms with Crippen LogP contribution in [0.4, 0.5) is 5.82 Å². The Morgan fingerprint density at radius 2 is 2.26 bits per heavy atom. The summed E-state index contributed by atoms with van der Waals surface area (Å²) in [6.07, 6.45) is 5.43. The van der Waals surface area contributed by atoms with Crippen molar-refractivity contribution < 1.29 is 0 Å². The van der Waals surface area contributed by atoms with Gasteiger partial charge in [-0.25, -0.2) is 9.97 Å². The lowest BCUT2D eigenvalue weighted by Crippen LogP contribution is -2.06. The molecule has 0 bridgehead atoms. The molecule has 3 rings (SSSR count). The SMILES string of the molecule is CC(c1ccsc1)n1cncc1-c1ccnc(N)c1. The summed E-state index contributed by atoms with van der Waals surface area (Å²) in [4.78, 5) is 8.29. The Labute approximate surface area is 115 Å². The van der Waals surface area contributed by atoms with Crippen LogP contribution in [0.15, 0.2) is 47.7 Å². The topological polar surface area (TPSA) is 56.7 Å². The highest BCUT2D eigenvalue weighted by atomic mass is 32.1. The molecule has 0 saturated heterocycles. The van der Waals surface area contributed by atoms with E-state index in [4.69, 9.17) is 5.73 Å². The summed E-state index contributed by atoms with van der Waals surface area (Å²) < 4.78 is 2.15. The van der Waals surface area contributed by atoms with E-state index in [1.54, 1.807) is 17.5 Å². The summed E-state index contributed by atoms with van der Waals surface area (Å²) in [5.41, 5.74) is 9.11. The van der Waals surface area contributed by atoms with Gasteiger partial charge in [0.2, 0.25) is 0 Å². The third kappa shape index (κ3) is 2.24. The van der Waals surface area contributed by atoms with Gasteiger partial charge in [-0.15, -0.1) is 0 Å². The van der Waals surface area contributed by atoms with E-state index in [1.165, 1.54) is 5.56 Å². The predicted molar refractivity (Wildman–Crippen MR) is 78.0 cm³/mol. The molecule has 0 aromatic carbocycles. The van der Waals surface area contributed by atoms with Crippen molar-refractivity contribution in [1.82, 2.24) is 14.5 Å². The average molecular weight is 270 g/mol. The Balaban J connectivity index is 2.03. The van der Waals surface area contributed by atoms with Crippen molar-refractivity contribution in [2.75, 3.05) is 5.73 Å². The predicted octanol–water partition coefficient (Wildman–Crippen LogP) is 3.20. The number of imidazole rings is 1. The van der Waals surface area contributed by atoms with Crippen molar-refractivity contribution in [3.05, 3.63) is 53.2 Å². The van der Waals surface area contributed by atoms with Gasteiger partial charge in [0, 0.05) is 11.8 Å². The molecule has 0 spiro atoms. The molecular formula is C14H14N4S. The molecule has 0 saturated carbocycles. The molecule has 3 aromatic heterocycles. The van der Waals surface area contributed by atoms with Gasteiger partial charge < -0.3 is 10.3 Å². The van der Waals surface area contributed by atoms with E-state index in [1.807, 2.05) is 24.7 Å². The van der Waals surface area contributed by atoms with E-state index >= 15 is 0 Å². The fourth-order valence-electron chi connectivity index (χ4n) is 2.12. The van der Waals surface area contributed by atoms with Crippen LogP contribution >= 0.6 is 11.3 Å². The first kappa shape index (κ1) is 11.9. The molecule has 1 unspecified atom stereocenters. The summed E-state index contributed by atoms with van der Waals surface area (Å²) in [6.45, 7) is 2.16. The van der Waals surface area contributed by atoms with Gasteiger partial charge in [0.1, 0.15) is 5.82 Å². The number of nitrogen functional groups attached to an aromatic ring is 1. The second-order valence-corrected chi connectivity index (χ2v) is 5.17. The minimum Gasteiger partial charge on any atom is -0.384 e. The monoisotopic (exact) mass is 270 g/mol. The van der Waals surface area contributed by atoms with Crippen molar-refractivity contribution in [1.29, 1.82) is 0 Å². The molecule has 2 N–H and O–H groups in total. The standard InChI is InChI=1S/C14H14N4S/c1-10(12-3-5-19-8-12)18-9-16-7-13(18)11-2-4-17-14(15)6-11/h2-10H,1H3,(H2,15,17). The Morgan fingerprint density at radius 3 is 3.00 bits per heavy atom. The molecule has 0 fully saturated rings. The van der Waals surface area contributed by atoms with Crippen molar-refractivity contribution >= 4 is 17.2 Å². The van der Waals surface area contributed by atoms with E-state index in [2.05, 4.69) is 38.3 Å². The number of anilines is 1. The van der Waals surface area contributed by atoms with Gasteiger partial charge in [-0.1, -0.05) is 0 Å². The first-order chi connectivity index (χ1) is 9.25. The van der Waals surface area contributed by atoms with Gasteiger partial charge in [-0.2, -0.15) is 11.3 Å².